The minimum atomic E-state index is -1.31. The number of aromatic amines is 3. The predicted molar refractivity (Wildman–Crippen MR) is 171 cm³/mol. The number of carbonyl (C=O) groups excluding carboxylic acids is 1. The Hall–Kier alpha value is -3.36. The summed E-state index contributed by atoms with van der Waals surface area (Å²) in [6.45, 7) is 8.28. The van der Waals surface area contributed by atoms with Crippen LogP contribution in [0.1, 0.15) is 52.9 Å². The van der Waals surface area contributed by atoms with E-state index in [1.807, 2.05) is 29.8 Å². The van der Waals surface area contributed by atoms with E-state index >= 15 is 0 Å². The molecule has 6 rings (SSSR count). The highest BCUT2D eigenvalue weighted by atomic mass is 35.5. The molecule has 0 aliphatic carbocycles. The third kappa shape index (κ3) is 6.75. The molecule has 1 aliphatic heterocycles. The van der Waals surface area contributed by atoms with Crippen molar-refractivity contribution in [2.75, 3.05) is 24.8 Å². The molecule has 11 nitrogen and oxygen atoms in total. The van der Waals surface area contributed by atoms with E-state index in [9.17, 15) is 4.79 Å². The Morgan fingerprint density at radius 2 is 2.05 bits per heavy atom. The maximum Gasteiger partial charge on any atom is 0.281 e. The van der Waals surface area contributed by atoms with E-state index in [1.54, 1.807) is 11.1 Å². The van der Waals surface area contributed by atoms with Crippen LogP contribution in [-0.4, -0.2) is 69.5 Å². The molecular weight excluding hydrogens is 604 g/mol. The number of rotatable bonds is 11. The van der Waals surface area contributed by atoms with Crippen molar-refractivity contribution in [3.8, 4) is 11.1 Å². The van der Waals surface area contributed by atoms with Crippen molar-refractivity contribution in [2.45, 2.75) is 57.5 Å². The molecule has 43 heavy (non-hydrogen) atoms. The number of halogens is 1. The van der Waals surface area contributed by atoms with Crippen molar-refractivity contribution in [1.82, 2.24) is 35.6 Å². The molecule has 1 aliphatic rings. The van der Waals surface area contributed by atoms with Crippen LogP contribution in [0.15, 0.2) is 36.0 Å². The minimum absolute atomic E-state index is 0.000164. The SMILES string of the molecule is C[Si](C)(C)CCOCN(C(=O)c1n[nH]c2cc(-c3cn[nH]c3C3CCCCO3)ccc12)c1cn[nH]c1Cc1csc(Cl)n1. The fourth-order valence-corrected chi connectivity index (χ4v) is 6.74. The van der Waals surface area contributed by atoms with Gasteiger partial charge in [0.05, 0.1) is 46.8 Å². The summed E-state index contributed by atoms with van der Waals surface area (Å²) in [6, 6.07) is 6.91. The number of anilines is 1. The zero-order valence-electron chi connectivity index (χ0n) is 24.4. The summed E-state index contributed by atoms with van der Waals surface area (Å²) < 4.78 is 12.6. The number of ether oxygens (including phenoxy) is 2. The highest BCUT2D eigenvalue weighted by Crippen LogP contribution is 2.35. The third-order valence-electron chi connectivity index (χ3n) is 7.58. The second-order valence-electron chi connectivity index (χ2n) is 12.0. The van der Waals surface area contributed by atoms with Gasteiger partial charge in [-0.3, -0.25) is 25.0 Å². The summed E-state index contributed by atoms with van der Waals surface area (Å²) >= 11 is 7.43. The van der Waals surface area contributed by atoms with E-state index in [4.69, 9.17) is 21.1 Å². The second kappa shape index (κ2) is 12.7. The van der Waals surface area contributed by atoms with Gasteiger partial charge in [-0.25, -0.2) is 4.98 Å². The lowest BCUT2D eigenvalue weighted by atomic mass is 9.98. The smallest absolute Gasteiger partial charge is 0.281 e. The van der Waals surface area contributed by atoms with E-state index in [1.165, 1.54) is 11.3 Å². The summed E-state index contributed by atoms with van der Waals surface area (Å²) in [6.07, 6.45) is 7.08. The summed E-state index contributed by atoms with van der Waals surface area (Å²) in [4.78, 5) is 20.1. The quantitative estimate of drug-likeness (QED) is 0.0844. The highest BCUT2D eigenvalue weighted by Gasteiger charge is 2.27. The van der Waals surface area contributed by atoms with Crippen molar-refractivity contribution in [3.05, 3.63) is 63.2 Å². The molecule has 226 valence electrons. The Kier molecular flexibility index (Phi) is 8.77. The van der Waals surface area contributed by atoms with Crippen LogP contribution in [0.5, 0.6) is 0 Å². The fraction of sp³-hybridized carbons (Fsp3) is 0.414. The number of aromatic nitrogens is 7. The lowest BCUT2D eigenvalue weighted by Crippen LogP contribution is -2.35. The molecule has 0 bridgehead atoms. The molecule has 3 N–H and O–H groups in total. The van der Waals surface area contributed by atoms with E-state index in [2.05, 4.69) is 55.2 Å². The summed E-state index contributed by atoms with van der Waals surface area (Å²) in [5, 5.41) is 24.9. The lowest BCUT2D eigenvalue weighted by molar-refractivity contribution is 0.0126. The maximum absolute atomic E-state index is 14.2. The second-order valence-corrected chi connectivity index (χ2v) is 19.0. The molecule has 0 saturated carbocycles. The van der Waals surface area contributed by atoms with Crippen LogP contribution >= 0.6 is 22.9 Å². The molecule has 5 aromatic rings. The van der Waals surface area contributed by atoms with Gasteiger partial charge < -0.3 is 9.47 Å². The molecule has 0 spiro atoms. The Balaban J connectivity index is 1.28. The van der Waals surface area contributed by atoms with Gasteiger partial charge in [0.2, 0.25) is 0 Å². The normalized spacial score (nSPS) is 15.8. The van der Waals surface area contributed by atoms with Crippen LogP contribution in [0.3, 0.4) is 0 Å². The van der Waals surface area contributed by atoms with Gasteiger partial charge in [0.1, 0.15) is 6.73 Å². The van der Waals surface area contributed by atoms with Gasteiger partial charge in [0.15, 0.2) is 10.2 Å². The summed E-state index contributed by atoms with van der Waals surface area (Å²) in [5.41, 5.74) is 6.14. The number of hydrogen-bond donors (Lipinski definition) is 3. The van der Waals surface area contributed by atoms with Crippen LogP contribution < -0.4 is 4.90 Å². The van der Waals surface area contributed by atoms with Crippen molar-refractivity contribution in [1.29, 1.82) is 0 Å². The molecule has 5 heterocycles. The molecule has 1 unspecified atom stereocenters. The highest BCUT2D eigenvalue weighted by molar-refractivity contribution is 7.13. The first kappa shape index (κ1) is 29.7. The van der Waals surface area contributed by atoms with Crippen LogP contribution in [0.4, 0.5) is 5.69 Å². The predicted octanol–water partition coefficient (Wildman–Crippen LogP) is 6.58. The zero-order chi connectivity index (χ0) is 30.0. The third-order valence-corrected chi connectivity index (χ3v) is 10.3. The number of amides is 1. The van der Waals surface area contributed by atoms with Gasteiger partial charge in [0, 0.05) is 44.0 Å². The van der Waals surface area contributed by atoms with E-state index in [-0.39, 0.29) is 18.7 Å². The Morgan fingerprint density at radius 3 is 2.81 bits per heavy atom. The van der Waals surface area contributed by atoms with Crippen molar-refractivity contribution in [2.24, 2.45) is 0 Å². The van der Waals surface area contributed by atoms with Crippen LogP contribution in [0, 0.1) is 0 Å². The van der Waals surface area contributed by atoms with Crippen LogP contribution in [0.25, 0.3) is 22.0 Å². The molecule has 0 radical (unpaired) electrons. The largest absolute Gasteiger partial charge is 0.372 e. The first-order chi connectivity index (χ1) is 20.8. The van der Waals surface area contributed by atoms with Crippen LogP contribution in [0.2, 0.25) is 30.2 Å². The number of H-pyrrole nitrogens is 3. The first-order valence-corrected chi connectivity index (χ1v) is 19.4. The number of hydrogen-bond acceptors (Lipinski definition) is 8. The molecule has 1 aromatic carbocycles. The molecule has 1 saturated heterocycles. The maximum atomic E-state index is 14.2. The summed E-state index contributed by atoms with van der Waals surface area (Å²) in [7, 11) is -1.31. The van der Waals surface area contributed by atoms with Crippen molar-refractivity contribution < 1.29 is 14.3 Å². The molecule has 1 atom stereocenters. The standard InChI is InChI=1S/C29H35ClN8O3SSi/c1-43(2,3)11-10-40-17-38(24-15-32-34-23(24)13-19-16-42-29(30)33-19)28(39)27-20-8-7-18(12-22(20)35-37-27)21-14-31-36-26(21)25-6-4-5-9-41-25/h7-8,12,14-16,25H,4-6,9-11,13,17H2,1-3H3,(H,31,36)(H,32,34)(H,35,37). The Morgan fingerprint density at radius 1 is 1.19 bits per heavy atom. The van der Waals surface area contributed by atoms with E-state index in [0.717, 1.165) is 71.0 Å². The molecule has 1 fully saturated rings. The van der Waals surface area contributed by atoms with Gasteiger partial charge in [0.25, 0.3) is 5.91 Å². The number of benzene rings is 1. The van der Waals surface area contributed by atoms with Crippen molar-refractivity contribution in [3.63, 3.8) is 0 Å². The number of nitrogens with one attached hydrogen (secondary N) is 3. The zero-order valence-corrected chi connectivity index (χ0v) is 27.0. The van der Waals surface area contributed by atoms with Gasteiger partial charge >= 0.3 is 0 Å². The molecular formula is C29H35ClN8O3SSi. The van der Waals surface area contributed by atoms with Crippen molar-refractivity contribution >= 4 is 53.5 Å². The van der Waals surface area contributed by atoms with Crippen LogP contribution in [-0.2, 0) is 15.9 Å². The Labute approximate surface area is 259 Å². The average Bonchev–Trinajstić information content (AvgIpc) is 3.80. The number of thiazole rings is 1. The van der Waals surface area contributed by atoms with Gasteiger partial charge in [-0.2, -0.15) is 15.3 Å². The van der Waals surface area contributed by atoms with E-state index in [0.29, 0.717) is 28.9 Å². The topological polar surface area (TPSA) is 138 Å². The average molecular weight is 639 g/mol. The van der Waals surface area contributed by atoms with E-state index < -0.39 is 8.07 Å². The lowest BCUT2D eigenvalue weighted by Gasteiger charge is -2.23. The fourth-order valence-electron chi connectivity index (χ4n) is 5.20. The molecule has 1 amide bonds. The van der Waals surface area contributed by atoms with Gasteiger partial charge in [-0.15, -0.1) is 11.3 Å². The number of carbonyl (C=O) groups is 1. The minimum Gasteiger partial charge on any atom is -0.372 e. The van der Waals surface area contributed by atoms with Gasteiger partial charge in [-0.1, -0.05) is 37.3 Å². The number of nitrogens with zero attached hydrogens (tertiary/aromatic N) is 5. The monoisotopic (exact) mass is 638 g/mol. The summed E-state index contributed by atoms with van der Waals surface area (Å²) in [5.74, 6) is -0.287. The first-order valence-electron chi connectivity index (χ1n) is 14.4. The Bertz CT molecular complexity index is 1700. The molecule has 14 heteroatoms. The molecule has 4 aromatic heterocycles. The van der Waals surface area contributed by atoms with Gasteiger partial charge in [-0.05, 0) is 43.0 Å². The number of fused-ring (bicyclic) bond motifs is 1.